The van der Waals surface area contributed by atoms with E-state index >= 15 is 0 Å². The number of aromatic nitrogens is 1. The van der Waals surface area contributed by atoms with Gasteiger partial charge in [-0.15, -0.1) is 11.3 Å². The lowest BCUT2D eigenvalue weighted by Gasteiger charge is -2.19. The van der Waals surface area contributed by atoms with Crippen molar-refractivity contribution in [2.75, 3.05) is 12.0 Å². The van der Waals surface area contributed by atoms with Crippen molar-refractivity contribution in [3.05, 3.63) is 75.8 Å². The van der Waals surface area contributed by atoms with Gasteiger partial charge in [-0.3, -0.25) is 14.5 Å². The molecular weight excluding hydrogens is 410 g/mol. The maximum atomic E-state index is 12.8. The molecular formula is C24H21N3O3S. The molecule has 3 aromatic rings. The number of ether oxygens (including phenoxy) is 1. The number of carbonyl (C=O) groups is 2. The Kier molecular flexibility index (Phi) is 6.63. The molecule has 7 heteroatoms. The van der Waals surface area contributed by atoms with Gasteiger partial charge in [0.05, 0.1) is 18.5 Å². The van der Waals surface area contributed by atoms with Crippen molar-refractivity contribution in [3.8, 4) is 11.8 Å². The number of nitrogens with zero attached hydrogens (tertiary/aromatic N) is 3. The number of Topliss-reactive ketones (excluding diaryl/α,β-unsaturated/α-hetero) is 1. The van der Waals surface area contributed by atoms with Crippen molar-refractivity contribution in [1.82, 2.24) is 4.98 Å². The summed E-state index contributed by atoms with van der Waals surface area (Å²) < 4.78 is 5.14. The number of methoxy groups -OCH3 is 1. The van der Waals surface area contributed by atoms with E-state index in [4.69, 9.17) is 4.74 Å². The molecule has 1 amide bonds. The maximum absolute atomic E-state index is 12.8. The molecule has 0 radical (unpaired) electrons. The number of carbonyl (C=O) groups excluding carboxylic acids is 2. The number of rotatable bonds is 6. The highest BCUT2D eigenvalue weighted by molar-refractivity contribution is 7.14. The SMILES string of the molecule is COc1cccc(C(=O)/C(C#N)=C/c2csc(N(C(C)=O)c3ccc(C)c(C)c3)n2)c1. The molecule has 0 saturated carbocycles. The zero-order valence-electron chi connectivity index (χ0n) is 17.7. The monoisotopic (exact) mass is 431 g/mol. The zero-order valence-corrected chi connectivity index (χ0v) is 18.5. The first-order chi connectivity index (χ1) is 14.8. The predicted octanol–water partition coefficient (Wildman–Crippen LogP) is 5.24. The first-order valence-electron chi connectivity index (χ1n) is 9.48. The first kappa shape index (κ1) is 21.9. The number of thiazole rings is 1. The Morgan fingerprint density at radius 1 is 1.16 bits per heavy atom. The average Bonchev–Trinajstić information content (AvgIpc) is 3.21. The van der Waals surface area contributed by atoms with Gasteiger partial charge in [0.15, 0.2) is 5.13 Å². The van der Waals surface area contributed by atoms with Gasteiger partial charge in [-0.2, -0.15) is 5.26 Å². The number of anilines is 2. The van der Waals surface area contributed by atoms with Gasteiger partial charge in [-0.25, -0.2) is 4.98 Å². The second kappa shape index (κ2) is 9.37. The number of hydrogen-bond donors (Lipinski definition) is 0. The van der Waals surface area contributed by atoms with E-state index in [9.17, 15) is 14.9 Å². The van der Waals surface area contributed by atoms with Crippen LogP contribution in [0.25, 0.3) is 6.08 Å². The highest BCUT2D eigenvalue weighted by Gasteiger charge is 2.19. The van der Waals surface area contributed by atoms with Crippen molar-refractivity contribution in [1.29, 1.82) is 5.26 Å². The lowest BCUT2D eigenvalue weighted by molar-refractivity contribution is -0.115. The van der Waals surface area contributed by atoms with Crippen molar-refractivity contribution in [2.45, 2.75) is 20.8 Å². The predicted molar refractivity (Wildman–Crippen MR) is 122 cm³/mol. The number of ketones is 1. The third-order valence-electron chi connectivity index (χ3n) is 4.75. The van der Waals surface area contributed by atoms with E-state index in [1.165, 1.54) is 36.3 Å². The van der Waals surface area contributed by atoms with Gasteiger partial charge in [0.2, 0.25) is 11.7 Å². The molecule has 0 unspecified atom stereocenters. The van der Waals surface area contributed by atoms with Crippen LogP contribution in [-0.4, -0.2) is 23.8 Å². The third-order valence-corrected chi connectivity index (χ3v) is 5.60. The molecule has 1 aromatic heterocycles. The molecule has 0 atom stereocenters. The molecule has 2 aromatic carbocycles. The van der Waals surface area contributed by atoms with Gasteiger partial charge in [-0.05, 0) is 55.3 Å². The molecule has 156 valence electrons. The summed E-state index contributed by atoms with van der Waals surface area (Å²) >= 11 is 1.27. The fourth-order valence-corrected chi connectivity index (χ4v) is 3.80. The number of allylic oxidation sites excluding steroid dienone is 1. The summed E-state index contributed by atoms with van der Waals surface area (Å²) in [5.41, 5.74) is 3.64. The van der Waals surface area contributed by atoms with E-state index in [1.807, 2.05) is 38.1 Å². The summed E-state index contributed by atoms with van der Waals surface area (Å²) in [6.07, 6.45) is 1.43. The molecule has 0 spiro atoms. The number of hydrogen-bond acceptors (Lipinski definition) is 6. The molecule has 0 aliphatic carbocycles. The minimum Gasteiger partial charge on any atom is -0.497 e. The fraction of sp³-hybridized carbons (Fsp3) is 0.167. The second-order valence-electron chi connectivity index (χ2n) is 6.91. The fourth-order valence-electron chi connectivity index (χ4n) is 2.95. The van der Waals surface area contributed by atoms with Crippen LogP contribution >= 0.6 is 11.3 Å². The van der Waals surface area contributed by atoms with Crippen LogP contribution in [0.1, 0.15) is 34.1 Å². The van der Waals surface area contributed by atoms with Crippen molar-refractivity contribution < 1.29 is 14.3 Å². The lowest BCUT2D eigenvalue weighted by Crippen LogP contribution is -2.22. The standard InChI is InChI=1S/C24H21N3O3S/c1-15-8-9-21(10-16(15)2)27(17(3)28)24-26-20(14-31-24)11-19(13-25)23(29)18-6-5-7-22(12-18)30-4/h5-12,14H,1-4H3/b19-11+. The summed E-state index contributed by atoms with van der Waals surface area (Å²) in [5.74, 6) is -0.0702. The largest absolute Gasteiger partial charge is 0.497 e. The minimum absolute atomic E-state index is 0.0503. The van der Waals surface area contributed by atoms with Crippen LogP contribution in [0.5, 0.6) is 5.75 Å². The molecule has 6 nitrogen and oxygen atoms in total. The summed E-state index contributed by atoms with van der Waals surface area (Å²) in [4.78, 5) is 31.1. The number of aryl methyl sites for hydroxylation is 2. The zero-order chi connectivity index (χ0) is 22.5. The first-order valence-corrected chi connectivity index (χ1v) is 10.4. The molecule has 1 heterocycles. The van der Waals surface area contributed by atoms with Crippen LogP contribution in [-0.2, 0) is 4.79 Å². The third kappa shape index (κ3) is 4.87. The molecule has 3 rings (SSSR count). The summed E-state index contributed by atoms with van der Waals surface area (Å²) in [6.45, 7) is 5.46. The Labute approximate surface area is 185 Å². The van der Waals surface area contributed by atoms with E-state index in [2.05, 4.69) is 4.98 Å². The topological polar surface area (TPSA) is 83.3 Å². The summed E-state index contributed by atoms with van der Waals surface area (Å²) in [6, 6.07) is 14.3. The minimum atomic E-state index is -0.423. The van der Waals surface area contributed by atoms with Gasteiger partial charge in [0.1, 0.15) is 17.4 Å². The van der Waals surface area contributed by atoms with Crippen LogP contribution in [0.2, 0.25) is 0 Å². The van der Waals surface area contributed by atoms with E-state index < -0.39 is 5.78 Å². The Balaban J connectivity index is 1.94. The highest BCUT2D eigenvalue weighted by atomic mass is 32.1. The Morgan fingerprint density at radius 3 is 2.58 bits per heavy atom. The Morgan fingerprint density at radius 2 is 1.94 bits per heavy atom. The molecule has 0 fully saturated rings. The van der Waals surface area contributed by atoms with Gasteiger partial charge < -0.3 is 4.74 Å². The smallest absolute Gasteiger partial charge is 0.230 e. The van der Waals surface area contributed by atoms with E-state index in [0.717, 1.165) is 11.1 Å². The molecule has 0 aliphatic rings. The number of amides is 1. The van der Waals surface area contributed by atoms with Gasteiger partial charge in [0.25, 0.3) is 0 Å². The normalized spacial score (nSPS) is 11.0. The molecule has 0 saturated heterocycles. The lowest BCUT2D eigenvalue weighted by atomic mass is 10.0. The molecule has 31 heavy (non-hydrogen) atoms. The summed E-state index contributed by atoms with van der Waals surface area (Å²) in [5, 5.41) is 11.7. The quantitative estimate of drug-likeness (QED) is 0.303. The highest BCUT2D eigenvalue weighted by Crippen LogP contribution is 2.31. The van der Waals surface area contributed by atoms with E-state index in [0.29, 0.717) is 27.8 Å². The average molecular weight is 432 g/mol. The van der Waals surface area contributed by atoms with Crippen LogP contribution in [0.4, 0.5) is 10.8 Å². The Hall–Kier alpha value is -3.76. The van der Waals surface area contributed by atoms with Crippen LogP contribution < -0.4 is 9.64 Å². The van der Waals surface area contributed by atoms with Crippen LogP contribution in [0, 0.1) is 25.2 Å². The summed E-state index contributed by atoms with van der Waals surface area (Å²) in [7, 11) is 1.51. The van der Waals surface area contributed by atoms with Gasteiger partial charge >= 0.3 is 0 Å². The van der Waals surface area contributed by atoms with Gasteiger partial charge in [0, 0.05) is 17.9 Å². The van der Waals surface area contributed by atoms with Crippen LogP contribution in [0.15, 0.2) is 53.4 Å². The molecule has 0 N–H and O–H groups in total. The second-order valence-corrected chi connectivity index (χ2v) is 7.75. The van der Waals surface area contributed by atoms with Crippen molar-refractivity contribution >= 4 is 39.9 Å². The van der Waals surface area contributed by atoms with E-state index in [-0.39, 0.29) is 11.5 Å². The number of nitriles is 1. The van der Waals surface area contributed by atoms with Crippen molar-refractivity contribution in [3.63, 3.8) is 0 Å². The van der Waals surface area contributed by atoms with Crippen LogP contribution in [0.3, 0.4) is 0 Å². The number of benzene rings is 2. The Bertz CT molecular complexity index is 1220. The molecule has 0 bridgehead atoms. The maximum Gasteiger partial charge on any atom is 0.230 e. The molecule has 0 aliphatic heterocycles. The van der Waals surface area contributed by atoms with Gasteiger partial charge in [-0.1, -0.05) is 18.2 Å². The van der Waals surface area contributed by atoms with E-state index in [1.54, 1.807) is 29.6 Å². The van der Waals surface area contributed by atoms with Crippen molar-refractivity contribution in [2.24, 2.45) is 0 Å².